The van der Waals surface area contributed by atoms with Crippen LogP contribution in [0.2, 0.25) is 0 Å². The fourth-order valence-electron chi connectivity index (χ4n) is 1.28. The highest BCUT2D eigenvalue weighted by molar-refractivity contribution is 5.50. The number of hydrogen-bond acceptors (Lipinski definition) is 6. The van der Waals surface area contributed by atoms with Crippen molar-refractivity contribution in [3.05, 3.63) is 28.3 Å². The van der Waals surface area contributed by atoms with Crippen molar-refractivity contribution in [3.8, 4) is 11.5 Å². The summed E-state index contributed by atoms with van der Waals surface area (Å²) in [6, 6.07) is 4.35. The van der Waals surface area contributed by atoms with Crippen molar-refractivity contribution in [1.82, 2.24) is 0 Å². The monoisotopic (exact) mass is 257 g/mol. The van der Waals surface area contributed by atoms with Gasteiger partial charge in [0.1, 0.15) is 12.4 Å². The van der Waals surface area contributed by atoms with Crippen LogP contribution in [0.25, 0.3) is 0 Å². The van der Waals surface area contributed by atoms with Gasteiger partial charge in [-0.25, -0.2) is 0 Å². The van der Waals surface area contributed by atoms with Gasteiger partial charge in [0.2, 0.25) is 0 Å². The molecule has 7 heteroatoms. The quantitative estimate of drug-likeness (QED) is 0.419. The number of rotatable bonds is 7. The molecule has 0 atom stereocenters. The summed E-state index contributed by atoms with van der Waals surface area (Å²) in [6.07, 6.45) is -0.577. The Morgan fingerprint density at radius 1 is 1.28 bits per heavy atom. The van der Waals surface area contributed by atoms with Crippen LogP contribution in [0.1, 0.15) is 0 Å². The highest BCUT2D eigenvalue weighted by atomic mass is 16.7. The van der Waals surface area contributed by atoms with Crippen LogP contribution in [-0.2, 0) is 9.47 Å². The number of nitro groups is 1. The number of nitrogens with zero attached hydrogens (tertiary/aromatic N) is 1. The van der Waals surface area contributed by atoms with Crippen molar-refractivity contribution in [2.24, 2.45) is 0 Å². The zero-order valence-corrected chi connectivity index (χ0v) is 10.4. The van der Waals surface area contributed by atoms with Gasteiger partial charge in [-0.15, -0.1) is 0 Å². The smallest absolute Gasteiger partial charge is 0.314 e. The van der Waals surface area contributed by atoms with Gasteiger partial charge in [-0.3, -0.25) is 10.1 Å². The standard InChI is InChI=1S/C11H15NO6/c1-15-8-4-5-10(9(6-8)12(13)14)18-7-11(16-2)17-3/h4-6,11H,7H2,1-3H3. The van der Waals surface area contributed by atoms with Gasteiger partial charge in [-0.2, -0.15) is 0 Å². The molecule has 1 aromatic rings. The first-order chi connectivity index (χ1) is 8.62. The summed E-state index contributed by atoms with van der Waals surface area (Å²) in [5.74, 6) is 0.531. The van der Waals surface area contributed by atoms with Crippen molar-refractivity contribution in [1.29, 1.82) is 0 Å². The molecule has 0 aliphatic carbocycles. The van der Waals surface area contributed by atoms with Crippen molar-refractivity contribution in [3.63, 3.8) is 0 Å². The molecule has 0 unspecified atom stereocenters. The summed E-state index contributed by atoms with van der Waals surface area (Å²) < 4.78 is 20.1. The Kier molecular flexibility index (Phi) is 5.34. The molecular weight excluding hydrogens is 242 g/mol. The van der Waals surface area contributed by atoms with E-state index in [2.05, 4.69) is 0 Å². The predicted molar refractivity (Wildman–Crippen MR) is 62.9 cm³/mol. The van der Waals surface area contributed by atoms with Crippen LogP contribution >= 0.6 is 0 Å². The molecule has 0 saturated carbocycles. The molecule has 1 aromatic carbocycles. The van der Waals surface area contributed by atoms with Gasteiger partial charge in [0, 0.05) is 14.2 Å². The molecule has 0 aliphatic rings. The summed E-state index contributed by atoms with van der Waals surface area (Å²) in [5, 5.41) is 10.9. The lowest BCUT2D eigenvalue weighted by molar-refractivity contribution is -0.386. The van der Waals surface area contributed by atoms with Crippen LogP contribution in [0.4, 0.5) is 5.69 Å². The van der Waals surface area contributed by atoms with E-state index in [9.17, 15) is 10.1 Å². The third-order valence-corrected chi connectivity index (χ3v) is 2.26. The summed E-state index contributed by atoms with van der Waals surface area (Å²) in [6.45, 7) is 0.0557. The summed E-state index contributed by atoms with van der Waals surface area (Å²) in [7, 11) is 4.35. The van der Waals surface area contributed by atoms with Crippen LogP contribution in [0, 0.1) is 10.1 Å². The minimum absolute atomic E-state index is 0.0557. The third-order valence-electron chi connectivity index (χ3n) is 2.26. The minimum Gasteiger partial charge on any atom is -0.496 e. The SMILES string of the molecule is COc1ccc(OCC(OC)OC)c([N+](=O)[O-])c1. The van der Waals surface area contributed by atoms with E-state index in [0.717, 1.165) is 0 Å². The van der Waals surface area contributed by atoms with Gasteiger partial charge in [0.25, 0.3) is 0 Å². The molecule has 0 spiro atoms. The maximum absolute atomic E-state index is 10.9. The molecule has 0 saturated heterocycles. The Balaban J connectivity index is 2.84. The number of ether oxygens (including phenoxy) is 4. The molecule has 0 N–H and O–H groups in total. The minimum atomic E-state index is -0.577. The predicted octanol–water partition coefficient (Wildman–Crippen LogP) is 1.60. The maximum atomic E-state index is 10.9. The number of nitro benzene ring substituents is 1. The molecule has 7 nitrogen and oxygen atoms in total. The second-order valence-corrected chi connectivity index (χ2v) is 3.30. The number of hydrogen-bond donors (Lipinski definition) is 0. The highest BCUT2D eigenvalue weighted by Crippen LogP contribution is 2.31. The zero-order valence-electron chi connectivity index (χ0n) is 10.4. The Labute approximate surface area is 104 Å². The summed E-state index contributed by atoms with van der Waals surface area (Å²) in [5.41, 5.74) is -0.166. The molecule has 0 radical (unpaired) electrons. The van der Waals surface area contributed by atoms with Crippen molar-refractivity contribution in [2.45, 2.75) is 6.29 Å². The zero-order chi connectivity index (χ0) is 13.5. The average molecular weight is 257 g/mol. The molecule has 0 amide bonds. The van der Waals surface area contributed by atoms with E-state index in [1.165, 1.54) is 33.5 Å². The van der Waals surface area contributed by atoms with E-state index in [0.29, 0.717) is 5.75 Å². The molecule has 0 aromatic heterocycles. The van der Waals surface area contributed by atoms with E-state index >= 15 is 0 Å². The fourth-order valence-corrected chi connectivity index (χ4v) is 1.28. The van der Waals surface area contributed by atoms with Crippen molar-refractivity contribution >= 4 is 5.69 Å². The molecule has 0 aliphatic heterocycles. The number of benzene rings is 1. The van der Waals surface area contributed by atoms with Crippen molar-refractivity contribution < 1.29 is 23.9 Å². The van der Waals surface area contributed by atoms with E-state index < -0.39 is 11.2 Å². The molecule has 100 valence electrons. The molecule has 0 heterocycles. The van der Waals surface area contributed by atoms with Gasteiger partial charge < -0.3 is 18.9 Å². The molecule has 1 rings (SSSR count). The topological polar surface area (TPSA) is 80.1 Å². The Hall–Kier alpha value is -1.86. The van der Waals surface area contributed by atoms with Gasteiger partial charge in [0.15, 0.2) is 12.0 Å². The van der Waals surface area contributed by atoms with Crippen LogP contribution in [-0.4, -0.2) is 39.1 Å². The summed E-state index contributed by atoms with van der Waals surface area (Å²) in [4.78, 5) is 10.3. The normalized spacial score (nSPS) is 10.4. The first-order valence-electron chi connectivity index (χ1n) is 5.13. The van der Waals surface area contributed by atoms with Crippen LogP contribution in [0.5, 0.6) is 11.5 Å². The first kappa shape index (κ1) is 14.2. The highest BCUT2D eigenvalue weighted by Gasteiger charge is 2.18. The van der Waals surface area contributed by atoms with Gasteiger partial charge in [0.05, 0.1) is 18.1 Å². The lowest BCUT2D eigenvalue weighted by Crippen LogP contribution is -2.22. The Morgan fingerprint density at radius 2 is 1.94 bits per heavy atom. The van der Waals surface area contributed by atoms with Crippen molar-refractivity contribution in [2.75, 3.05) is 27.9 Å². The molecule has 0 fully saturated rings. The van der Waals surface area contributed by atoms with Gasteiger partial charge in [-0.05, 0) is 12.1 Å². The van der Waals surface area contributed by atoms with E-state index in [-0.39, 0.29) is 18.0 Å². The second-order valence-electron chi connectivity index (χ2n) is 3.30. The average Bonchev–Trinajstić information content (AvgIpc) is 2.39. The van der Waals surface area contributed by atoms with E-state index in [1.54, 1.807) is 6.07 Å². The first-order valence-corrected chi connectivity index (χ1v) is 5.13. The van der Waals surface area contributed by atoms with Crippen LogP contribution < -0.4 is 9.47 Å². The Morgan fingerprint density at radius 3 is 2.44 bits per heavy atom. The van der Waals surface area contributed by atoms with Gasteiger partial charge >= 0.3 is 5.69 Å². The third kappa shape index (κ3) is 3.57. The summed E-state index contributed by atoms with van der Waals surface area (Å²) >= 11 is 0. The lowest BCUT2D eigenvalue weighted by Gasteiger charge is -2.14. The molecular formula is C11H15NO6. The molecule has 0 bridgehead atoms. The lowest BCUT2D eigenvalue weighted by atomic mass is 10.3. The van der Waals surface area contributed by atoms with Crippen LogP contribution in [0.15, 0.2) is 18.2 Å². The largest absolute Gasteiger partial charge is 0.496 e. The second kappa shape index (κ2) is 6.77. The van der Waals surface area contributed by atoms with E-state index in [4.69, 9.17) is 18.9 Å². The number of methoxy groups -OCH3 is 3. The molecule has 18 heavy (non-hydrogen) atoms. The Bertz CT molecular complexity index is 405. The van der Waals surface area contributed by atoms with Gasteiger partial charge in [-0.1, -0.05) is 0 Å². The van der Waals surface area contributed by atoms with E-state index in [1.807, 2.05) is 0 Å². The van der Waals surface area contributed by atoms with Crippen LogP contribution in [0.3, 0.4) is 0 Å². The maximum Gasteiger partial charge on any atom is 0.314 e. The fraction of sp³-hybridized carbons (Fsp3) is 0.455.